The second kappa shape index (κ2) is 9.68. The topological polar surface area (TPSA) is 75.6 Å². The SMILES string of the molecule is C[C@@H]1CCc2ncnc(N3CC4(CCN(C(=O)OC(C)(C)C)CC4)c4cc(C(=O)c5cccc(F)c5)ccc43)c21. The molecule has 6 rings (SSSR count). The van der Waals surface area contributed by atoms with Crippen molar-refractivity contribution in [1.29, 1.82) is 0 Å². The van der Waals surface area contributed by atoms with E-state index in [0.717, 1.165) is 48.4 Å². The number of aromatic nitrogens is 2. The molecule has 1 saturated heterocycles. The Morgan fingerprint density at radius 1 is 1.05 bits per heavy atom. The summed E-state index contributed by atoms with van der Waals surface area (Å²) in [7, 11) is 0. The summed E-state index contributed by atoms with van der Waals surface area (Å²) >= 11 is 0. The fourth-order valence-corrected chi connectivity index (χ4v) is 6.51. The number of halogens is 1. The average Bonchev–Trinajstić information content (AvgIpc) is 3.45. The van der Waals surface area contributed by atoms with Crippen LogP contribution in [0.4, 0.5) is 20.7 Å². The fourth-order valence-electron chi connectivity index (χ4n) is 6.51. The van der Waals surface area contributed by atoms with Crippen LogP contribution in [0, 0.1) is 5.82 Å². The molecule has 7 nitrogen and oxygen atoms in total. The molecule has 3 heterocycles. The van der Waals surface area contributed by atoms with Crippen LogP contribution in [0.1, 0.15) is 85.6 Å². The van der Waals surface area contributed by atoms with Gasteiger partial charge in [0.15, 0.2) is 5.78 Å². The van der Waals surface area contributed by atoms with Crippen LogP contribution in [0.3, 0.4) is 0 Å². The van der Waals surface area contributed by atoms with Gasteiger partial charge in [-0.15, -0.1) is 0 Å². The Hall–Kier alpha value is -3.81. The molecule has 2 aliphatic heterocycles. The Kier molecular flexibility index (Phi) is 6.39. The molecule has 1 amide bonds. The summed E-state index contributed by atoms with van der Waals surface area (Å²) in [4.78, 5) is 39.7. The molecule has 3 aliphatic rings. The summed E-state index contributed by atoms with van der Waals surface area (Å²) in [6, 6.07) is 11.6. The number of ketones is 1. The van der Waals surface area contributed by atoms with Gasteiger partial charge in [-0.2, -0.15) is 0 Å². The van der Waals surface area contributed by atoms with E-state index in [1.54, 1.807) is 23.4 Å². The normalized spacial score (nSPS) is 19.5. The van der Waals surface area contributed by atoms with E-state index in [1.165, 1.54) is 17.7 Å². The molecular weight excluding hydrogens is 507 g/mol. The largest absolute Gasteiger partial charge is 0.444 e. The fraction of sp³-hybridized carbons (Fsp3) is 0.438. The molecular formula is C32H35FN4O3. The minimum absolute atomic E-state index is 0.210. The number of anilines is 2. The summed E-state index contributed by atoms with van der Waals surface area (Å²) < 4.78 is 19.6. The highest BCUT2D eigenvalue weighted by Gasteiger charge is 2.47. The van der Waals surface area contributed by atoms with Crippen LogP contribution in [0.15, 0.2) is 48.8 Å². The zero-order valence-electron chi connectivity index (χ0n) is 23.5. The van der Waals surface area contributed by atoms with Gasteiger partial charge in [0.05, 0.1) is 0 Å². The number of hydrogen-bond donors (Lipinski definition) is 0. The molecule has 8 heteroatoms. The van der Waals surface area contributed by atoms with Gasteiger partial charge in [0, 0.05) is 53.1 Å². The predicted molar refractivity (Wildman–Crippen MR) is 151 cm³/mol. The summed E-state index contributed by atoms with van der Waals surface area (Å²) in [6.07, 6.45) is 4.83. The van der Waals surface area contributed by atoms with Crippen molar-refractivity contribution in [3.05, 3.63) is 82.6 Å². The molecule has 1 aromatic heterocycles. The number of fused-ring (bicyclic) bond motifs is 3. The van der Waals surface area contributed by atoms with Gasteiger partial charge in [0.25, 0.3) is 0 Å². The van der Waals surface area contributed by atoms with Gasteiger partial charge in [0.1, 0.15) is 23.6 Å². The average molecular weight is 543 g/mol. The van der Waals surface area contributed by atoms with E-state index in [0.29, 0.717) is 36.7 Å². The van der Waals surface area contributed by atoms with Gasteiger partial charge in [-0.05, 0) is 88.3 Å². The highest BCUT2D eigenvalue weighted by atomic mass is 19.1. The van der Waals surface area contributed by atoms with Gasteiger partial charge in [-0.1, -0.05) is 19.1 Å². The lowest BCUT2D eigenvalue weighted by atomic mass is 9.74. The summed E-state index contributed by atoms with van der Waals surface area (Å²) in [5.41, 5.74) is 4.45. The molecule has 0 radical (unpaired) electrons. The summed E-state index contributed by atoms with van der Waals surface area (Å²) in [5, 5.41) is 0. The van der Waals surface area contributed by atoms with Gasteiger partial charge >= 0.3 is 6.09 Å². The molecule has 0 N–H and O–H groups in total. The van der Waals surface area contributed by atoms with Crippen LogP contribution < -0.4 is 4.90 Å². The van der Waals surface area contributed by atoms with E-state index in [2.05, 4.69) is 16.8 Å². The summed E-state index contributed by atoms with van der Waals surface area (Å²) in [5.74, 6) is 0.662. The second-order valence-corrected chi connectivity index (χ2v) is 12.4. The predicted octanol–water partition coefficient (Wildman–Crippen LogP) is 6.32. The Labute approximate surface area is 234 Å². The van der Waals surface area contributed by atoms with Crippen LogP contribution in [0.5, 0.6) is 0 Å². The van der Waals surface area contributed by atoms with Crippen LogP contribution in [0.2, 0.25) is 0 Å². The molecule has 2 aromatic carbocycles. The Bertz CT molecular complexity index is 1490. The van der Waals surface area contributed by atoms with Crippen LogP contribution in [0.25, 0.3) is 0 Å². The van der Waals surface area contributed by atoms with Crippen molar-refractivity contribution in [2.24, 2.45) is 0 Å². The van der Waals surface area contributed by atoms with Crippen LogP contribution in [-0.4, -0.2) is 52.0 Å². The molecule has 0 bridgehead atoms. The Balaban J connectivity index is 1.39. The molecule has 3 aromatic rings. The van der Waals surface area contributed by atoms with E-state index in [4.69, 9.17) is 9.72 Å². The third-order valence-electron chi connectivity index (χ3n) is 8.55. The minimum atomic E-state index is -0.556. The van der Waals surface area contributed by atoms with E-state index in [1.807, 2.05) is 39.0 Å². The monoisotopic (exact) mass is 542 g/mol. The van der Waals surface area contributed by atoms with E-state index in [-0.39, 0.29) is 17.3 Å². The van der Waals surface area contributed by atoms with Gasteiger partial charge in [0.2, 0.25) is 0 Å². The van der Waals surface area contributed by atoms with Crippen molar-refractivity contribution in [2.75, 3.05) is 24.5 Å². The molecule has 0 saturated carbocycles. The first-order valence-electron chi connectivity index (χ1n) is 14.1. The number of aryl methyl sites for hydroxylation is 1. The smallest absolute Gasteiger partial charge is 0.410 e. The highest BCUT2D eigenvalue weighted by Crippen LogP contribution is 2.51. The number of rotatable bonds is 3. The molecule has 1 fully saturated rings. The van der Waals surface area contributed by atoms with Crippen LogP contribution >= 0.6 is 0 Å². The number of carbonyl (C=O) groups is 2. The maximum Gasteiger partial charge on any atom is 0.410 e. The third-order valence-corrected chi connectivity index (χ3v) is 8.55. The van der Waals surface area contributed by atoms with Crippen molar-refractivity contribution in [3.8, 4) is 0 Å². The lowest BCUT2D eigenvalue weighted by molar-refractivity contribution is 0.0171. The Morgan fingerprint density at radius 2 is 1.80 bits per heavy atom. The lowest BCUT2D eigenvalue weighted by Crippen LogP contribution is -2.48. The van der Waals surface area contributed by atoms with Crippen molar-refractivity contribution in [3.63, 3.8) is 0 Å². The van der Waals surface area contributed by atoms with Crippen molar-refractivity contribution < 1.29 is 18.7 Å². The maximum atomic E-state index is 13.9. The maximum absolute atomic E-state index is 13.9. The zero-order chi connectivity index (χ0) is 28.2. The number of piperidine rings is 1. The van der Waals surface area contributed by atoms with Crippen molar-refractivity contribution >= 4 is 23.4 Å². The summed E-state index contributed by atoms with van der Waals surface area (Å²) in [6.45, 7) is 9.67. The Morgan fingerprint density at radius 3 is 2.52 bits per heavy atom. The number of hydrogen-bond acceptors (Lipinski definition) is 6. The van der Waals surface area contributed by atoms with Crippen LogP contribution in [-0.2, 0) is 16.6 Å². The number of likely N-dealkylation sites (tertiary alicyclic amines) is 1. The van der Waals surface area contributed by atoms with Crippen molar-refractivity contribution in [2.45, 2.75) is 70.3 Å². The standard InChI is InChI=1S/C32H35FN4O3/c1-20-8-10-25-27(20)29(35-19-34-25)37-18-32(12-14-36(15-13-32)30(39)40-31(2,3)4)24-17-22(9-11-26(24)37)28(38)21-6-5-7-23(33)16-21/h5-7,9,11,16-17,19-20H,8,10,12-15,18H2,1-4H3/t20-/m1/s1. The second-order valence-electron chi connectivity index (χ2n) is 12.4. The number of nitrogens with zero attached hydrogens (tertiary/aromatic N) is 4. The van der Waals surface area contributed by atoms with Gasteiger partial charge < -0.3 is 14.5 Å². The first-order valence-corrected chi connectivity index (χ1v) is 14.1. The number of benzene rings is 2. The van der Waals surface area contributed by atoms with E-state index >= 15 is 0 Å². The molecule has 40 heavy (non-hydrogen) atoms. The highest BCUT2D eigenvalue weighted by molar-refractivity contribution is 6.09. The molecule has 208 valence electrons. The molecule has 1 aliphatic carbocycles. The minimum Gasteiger partial charge on any atom is -0.444 e. The third kappa shape index (κ3) is 4.63. The molecule has 0 unspecified atom stereocenters. The number of ether oxygens (including phenoxy) is 1. The quantitative estimate of drug-likeness (QED) is 0.361. The lowest BCUT2D eigenvalue weighted by Gasteiger charge is -2.40. The van der Waals surface area contributed by atoms with E-state index < -0.39 is 11.4 Å². The number of carbonyl (C=O) groups excluding carboxylic acids is 2. The van der Waals surface area contributed by atoms with Crippen molar-refractivity contribution in [1.82, 2.24) is 14.9 Å². The van der Waals surface area contributed by atoms with Gasteiger partial charge in [-0.3, -0.25) is 4.79 Å². The molecule has 1 atom stereocenters. The number of amides is 1. The first kappa shape index (κ1) is 26.4. The van der Waals surface area contributed by atoms with E-state index in [9.17, 15) is 14.0 Å². The van der Waals surface area contributed by atoms with Gasteiger partial charge in [-0.25, -0.2) is 19.2 Å². The molecule has 1 spiro atoms. The first-order chi connectivity index (χ1) is 19.0. The zero-order valence-corrected chi connectivity index (χ0v) is 23.5.